The van der Waals surface area contributed by atoms with Crippen LogP contribution in [0.4, 0.5) is 5.69 Å². The highest BCUT2D eigenvalue weighted by molar-refractivity contribution is 7.86. The number of aromatic nitrogens is 1. The maximum atomic E-state index is 12.3. The number of allylic oxidation sites excluding steroid dienone is 3. The Balaban J connectivity index is 1.16. The highest BCUT2D eigenvalue weighted by Crippen LogP contribution is 2.51. The molecule has 1 aromatic heterocycles. The van der Waals surface area contributed by atoms with Crippen molar-refractivity contribution in [1.29, 1.82) is 0 Å². The second kappa shape index (κ2) is 26.5. The Morgan fingerprint density at radius 3 is 1.93 bits per heavy atom. The van der Waals surface area contributed by atoms with E-state index in [-0.39, 0.29) is 82.5 Å². The third-order valence-corrected chi connectivity index (χ3v) is 13.8. The molecule has 0 saturated carbocycles. The molecule has 1 unspecified atom stereocenters. The van der Waals surface area contributed by atoms with E-state index >= 15 is 0 Å². The van der Waals surface area contributed by atoms with E-state index in [1.807, 2.05) is 59.8 Å². The fourth-order valence-electron chi connectivity index (χ4n) is 7.85. The number of rotatable bonds is 31. The zero-order chi connectivity index (χ0) is 51.7. The molecule has 1 aromatic carbocycles. The third kappa shape index (κ3) is 17.5. The van der Waals surface area contributed by atoms with Gasteiger partial charge in [0.25, 0.3) is 30.4 Å². The van der Waals surface area contributed by atoms with Crippen LogP contribution in [0.25, 0.3) is 17.4 Å². The summed E-state index contributed by atoms with van der Waals surface area (Å²) in [4.78, 5) is 18.3. The largest absolute Gasteiger partial charge is 0.492 e. The minimum atomic E-state index is -4.62. The topological polar surface area (TPSA) is 300 Å². The van der Waals surface area contributed by atoms with Gasteiger partial charge in [-0.05, 0) is 74.2 Å². The predicted octanol–water partition coefficient (Wildman–Crippen LogP) is 3.39. The first-order valence-electron chi connectivity index (χ1n) is 22.7. The first kappa shape index (κ1) is 56.7. The first-order valence-corrected chi connectivity index (χ1v) is 27.3. The van der Waals surface area contributed by atoms with Gasteiger partial charge in [0.2, 0.25) is 17.1 Å². The molecule has 5 rings (SSSR count). The van der Waals surface area contributed by atoms with E-state index in [1.54, 1.807) is 12.1 Å². The number of nitrogens with zero attached hydrogens (tertiary/aromatic N) is 3. The molecule has 2 aromatic rings. The molecule has 0 bridgehead atoms. The van der Waals surface area contributed by atoms with Crippen molar-refractivity contribution in [3.8, 4) is 23.1 Å². The van der Waals surface area contributed by atoms with E-state index in [0.717, 1.165) is 16.5 Å². The van der Waals surface area contributed by atoms with E-state index in [1.165, 1.54) is 30.5 Å². The van der Waals surface area contributed by atoms with Gasteiger partial charge < -0.3 is 48.1 Å². The summed E-state index contributed by atoms with van der Waals surface area (Å²) in [5.41, 5.74) is 2.36. The van der Waals surface area contributed by atoms with Crippen molar-refractivity contribution in [1.82, 2.24) is 9.31 Å². The van der Waals surface area contributed by atoms with Gasteiger partial charge in [0.15, 0.2) is 0 Å². The van der Waals surface area contributed by atoms with Crippen molar-refractivity contribution >= 4 is 48.1 Å². The monoisotopic (exact) mass is 1060 g/mol. The third-order valence-electron chi connectivity index (χ3n) is 11.3. The molecule has 25 heteroatoms. The van der Waals surface area contributed by atoms with Crippen LogP contribution in [0, 0.1) is 0 Å². The van der Waals surface area contributed by atoms with Gasteiger partial charge >= 0.3 is 5.97 Å². The number of anilines is 1. The number of carbonyl (C=O) groups excluding carboxylic acids is 1. The minimum Gasteiger partial charge on any atom is -0.492 e. The molecule has 71 heavy (non-hydrogen) atoms. The number of benzene rings is 2. The summed E-state index contributed by atoms with van der Waals surface area (Å²) >= 11 is 0. The van der Waals surface area contributed by atoms with E-state index < -0.39 is 59.3 Å². The van der Waals surface area contributed by atoms with Crippen LogP contribution < -0.4 is 19.7 Å². The predicted molar refractivity (Wildman–Crippen MR) is 259 cm³/mol. The molecule has 0 spiro atoms. The van der Waals surface area contributed by atoms with Crippen molar-refractivity contribution in [2.75, 3.05) is 102 Å². The average Bonchev–Trinajstić information content (AvgIpc) is 3.74. The van der Waals surface area contributed by atoms with Crippen LogP contribution >= 0.6 is 0 Å². The van der Waals surface area contributed by atoms with Gasteiger partial charge in [-0.2, -0.15) is 25.3 Å². The molecule has 1 atom stereocenters. The van der Waals surface area contributed by atoms with Gasteiger partial charge in [-0.3, -0.25) is 13.7 Å². The van der Waals surface area contributed by atoms with Crippen LogP contribution in [-0.4, -0.2) is 157 Å². The standard InChI is InChI=1S/C46H61N3O19S3/c1-3-47(18-6-32-70(56,57)58)36-9-11-38-35(15-21-67-41(38)33-36)7-4-8-42-46(2,17-5-31-69(53,54)55)39-34-37(71(59,60)61)10-12-40(39)48(42)19-22-63-24-26-65-28-30-66-29-27-64-25-23-62-20-16-45(52)68-49-43(50)13-14-44(49)51/h4,7-15,21,33-34H,3,5-6,16-20,22-32H2,1-2H3,(H4-,50,51,53,54,55,56,57,58,59,60,61)/p+1. The highest BCUT2D eigenvalue weighted by atomic mass is 32.2. The lowest BCUT2D eigenvalue weighted by Gasteiger charge is -2.30. The smallest absolute Gasteiger partial charge is 0.335 e. The quantitative estimate of drug-likeness (QED) is 0.0274. The van der Waals surface area contributed by atoms with Gasteiger partial charge in [0, 0.05) is 53.5 Å². The fourth-order valence-corrected chi connectivity index (χ4v) is 9.36. The molecule has 392 valence electrons. The van der Waals surface area contributed by atoms with E-state index in [4.69, 9.17) is 32.9 Å². The molecule has 2 aliphatic heterocycles. The Hall–Kier alpha value is -5.19. The van der Waals surface area contributed by atoms with E-state index in [2.05, 4.69) is 0 Å². The second-order valence-corrected chi connectivity index (χ2v) is 20.9. The Morgan fingerprint density at radius 1 is 0.746 bits per heavy atom. The van der Waals surface area contributed by atoms with Crippen LogP contribution in [0.15, 0.2) is 88.0 Å². The van der Waals surface area contributed by atoms with Crippen LogP contribution in [0.1, 0.15) is 50.7 Å². The Morgan fingerprint density at radius 2 is 1.34 bits per heavy atom. The maximum Gasteiger partial charge on any atom is 0.335 e. The first-order chi connectivity index (χ1) is 33.7. The zero-order valence-corrected chi connectivity index (χ0v) is 41.9. The van der Waals surface area contributed by atoms with Crippen molar-refractivity contribution in [2.45, 2.75) is 49.8 Å². The van der Waals surface area contributed by atoms with Crippen molar-refractivity contribution in [3.05, 3.63) is 95.2 Å². The number of aromatic hydroxyl groups is 2. The molecule has 5 N–H and O–H groups in total. The maximum absolute atomic E-state index is 12.3. The highest BCUT2D eigenvalue weighted by Gasteiger charge is 2.44. The number of hydrogen-bond acceptors (Lipinski definition) is 17. The molecule has 0 radical (unpaired) electrons. The lowest BCUT2D eigenvalue weighted by atomic mass is 9.77. The van der Waals surface area contributed by atoms with Gasteiger partial charge in [-0.15, -0.1) is 4.73 Å². The molecule has 3 aliphatic rings. The lowest BCUT2D eigenvalue weighted by Crippen LogP contribution is -2.31. The average molecular weight is 1060 g/mol. The summed E-state index contributed by atoms with van der Waals surface area (Å²) in [5.74, 6) is -1.88. The number of fused-ring (bicyclic) bond motifs is 2. The number of hydrogen-bond donors (Lipinski definition) is 5. The summed E-state index contributed by atoms with van der Waals surface area (Å²) in [7, 11) is -13.0. The van der Waals surface area contributed by atoms with Gasteiger partial charge in [-0.1, -0.05) is 12.2 Å². The summed E-state index contributed by atoms with van der Waals surface area (Å²) < 4.78 is 136. The molecule has 22 nitrogen and oxygen atoms in total. The van der Waals surface area contributed by atoms with Crippen LogP contribution in [0.3, 0.4) is 0 Å². The molecule has 0 fully saturated rings. The van der Waals surface area contributed by atoms with E-state index in [0.29, 0.717) is 67.0 Å². The Bertz CT molecular complexity index is 2820. The van der Waals surface area contributed by atoms with Gasteiger partial charge in [-0.25, -0.2) is 9.37 Å². The van der Waals surface area contributed by atoms with Crippen molar-refractivity contribution in [2.24, 2.45) is 0 Å². The van der Waals surface area contributed by atoms with Crippen LogP contribution in [0.2, 0.25) is 0 Å². The van der Waals surface area contributed by atoms with Crippen LogP contribution in [0.5, 0.6) is 11.8 Å². The van der Waals surface area contributed by atoms with E-state index in [9.17, 15) is 53.9 Å². The van der Waals surface area contributed by atoms with Crippen molar-refractivity contribution < 1.29 is 86.9 Å². The number of carbonyl (C=O) groups is 1. The van der Waals surface area contributed by atoms with Crippen molar-refractivity contribution in [3.63, 3.8) is 0 Å². The van der Waals surface area contributed by atoms with Crippen LogP contribution in [-0.2, 0) is 64.2 Å². The Labute approximate surface area is 412 Å². The molecule has 1 aliphatic carbocycles. The summed E-state index contributed by atoms with van der Waals surface area (Å²) in [6, 6.07) is 14.0. The molecule has 0 amide bonds. The summed E-state index contributed by atoms with van der Waals surface area (Å²) in [5, 5.41) is 19.8. The molecule has 3 heterocycles. The molecule has 0 saturated heterocycles. The second-order valence-electron chi connectivity index (χ2n) is 16.3. The SMILES string of the molecule is CC[N+](CCCS(=O)(=O)O)=c1ccc2c(C=CC=C3N(CCOCCOCCOCCOCCOCCC(=O)On4c(O)ccc4O)c4ccc(S(=O)(=O)O)cc4C3(C)CCCS(=O)(=O)O)ccoc-2c1. The van der Waals surface area contributed by atoms with Gasteiger partial charge in [0.1, 0.15) is 18.8 Å². The molecular weight excluding hydrogens is 995 g/mol. The fraction of sp³-hybridized carbons (Fsp3) is 0.478. The zero-order valence-electron chi connectivity index (χ0n) is 39.5. The summed E-state index contributed by atoms with van der Waals surface area (Å²) in [6.45, 7) is 7.46. The Kier molecular flexibility index (Phi) is 21.2. The lowest BCUT2D eigenvalue weighted by molar-refractivity contribution is -0.146. The number of ether oxygens (including phenoxy) is 5. The summed E-state index contributed by atoms with van der Waals surface area (Å²) in [6.07, 6.45) is 7.38. The normalized spacial score (nSPS) is 16.4. The molecular formula is C46H62N3O19S3+. The minimum absolute atomic E-state index is 0.0243. The van der Waals surface area contributed by atoms with Gasteiger partial charge in [0.05, 0.1) is 101 Å².